The molecule has 3 heterocycles. The number of fused-ring (bicyclic) bond motifs is 1. The van der Waals surface area contributed by atoms with Crippen molar-refractivity contribution in [3.05, 3.63) is 65.6 Å². The zero-order valence-corrected chi connectivity index (χ0v) is 16.7. The number of nitrogens with one attached hydrogen (secondary N) is 1. The number of aryl methyl sites for hydroxylation is 2. The first-order valence-electron chi connectivity index (χ1n) is 10.1. The van der Waals surface area contributed by atoms with E-state index in [-0.39, 0.29) is 11.9 Å². The Hall–Kier alpha value is -2.66. The molecule has 0 saturated carbocycles. The quantitative estimate of drug-likeness (QED) is 0.742. The lowest BCUT2D eigenvalue weighted by Gasteiger charge is -2.28. The second kappa shape index (κ2) is 8.15. The Morgan fingerprint density at radius 3 is 2.68 bits per heavy atom. The molecule has 5 heteroatoms. The molecule has 1 aliphatic heterocycles. The van der Waals surface area contributed by atoms with Crippen LogP contribution in [0.4, 0.5) is 0 Å². The third-order valence-corrected chi connectivity index (χ3v) is 5.74. The summed E-state index contributed by atoms with van der Waals surface area (Å²) < 4.78 is 2.31. The van der Waals surface area contributed by atoms with E-state index >= 15 is 0 Å². The molecule has 0 radical (unpaired) electrons. The average Bonchev–Trinajstić information content (AvgIpc) is 3.15. The van der Waals surface area contributed by atoms with Crippen molar-refractivity contribution in [1.82, 2.24) is 19.8 Å². The van der Waals surface area contributed by atoms with Gasteiger partial charge in [-0.1, -0.05) is 24.3 Å². The van der Waals surface area contributed by atoms with Crippen LogP contribution in [0.15, 0.2) is 48.8 Å². The maximum Gasteiger partial charge on any atom is 0.222 e. The molecule has 4 rings (SSSR count). The number of hydrogen-bond donors (Lipinski definition) is 1. The van der Waals surface area contributed by atoms with Crippen molar-refractivity contribution in [1.29, 1.82) is 0 Å². The minimum absolute atomic E-state index is 0.0478. The van der Waals surface area contributed by atoms with E-state index in [1.807, 2.05) is 17.2 Å². The van der Waals surface area contributed by atoms with E-state index in [1.54, 1.807) is 0 Å². The lowest BCUT2D eigenvalue weighted by Crippen LogP contribution is -2.46. The van der Waals surface area contributed by atoms with E-state index in [2.05, 4.69) is 60.3 Å². The van der Waals surface area contributed by atoms with Crippen LogP contribution in [0.1, 0.15) is 35.7 Å². The third kappa shape index (κ3) is 3.67. The summed E-state index contributed by atoms with van der Waals surface area (Å²) in [5.74, 6) is 0.244. The Kier molecular flexibility index (Phi) is 5.44. The number of rotatable bonds is 5. The van der Waals surface area contributed by atoms with Crippen LogP contribution in [-0.2, 0) is 4.79 Å². The minimum Gasteiger partial charge on any atom is -0.340 e. The van der Waals surface area contributed by atoms with Crippen LogP contribution in [0.2, 0.25) is 0 Å². The fraction of sp³-hybridized carbons (Fsp3) is 0.391. The molecule has 146 valence electrons. The maximum absolute atomic E-state index is 12.8. The SMILES string of the molecule is Cc1cccnc1C(CCC(=O)N1CCNCC1)n1ccc2cccc(C)c21. The Bertz CT molecular complexity index is 972. The van der Waals surface area contributed by atoms with Gasteiger partial charge in [0.05, 0.1) is 17.3 Å². The predicted molar refractivity (Wildman–Crippen MR) is 112 cm³/mol. The summed E-state index contributed by atoms with van der Waals surface area (Å²) >= 11 is 0. The van der Waals surface area contributed by atoms with E-state index in [0.29, 0.717) is 6.42 Å². The van der Waals surface area contributed by atoms with Gasteiger partial charge in [0.25, 0.3) is 0 Å². The molecule has 5 nitrogen and oxygen atoms in total. The zero-order valence-electron chi connectivity index (χ0n) is 16.7. The fourth-order valence-corrected chi connectivity index (χ4v) is 4.25. The van der Waals surface area contributed by atoms with Crippen molar-refractivity contribution in [3.63, 3.8) is 0 Å². The molecule has 0 aliphatic carbocycles. The van der Waals surface area contributed by atoms with Gasteiger partial charge in [-0.3, -0.25) is 9.78 Å². The number of benzene rings is 1. The van der Waals surface area contributed by atoms with Gasteiger partial charge in [0.15, 0.2) is 0 Å². The van der Waals surface area contributed by atoms with E-state index in [4.69, 9.17) is 4.98 Å². The van der Waals surface area contributed by atoms with E-state index in [1.165, 1.54) is 16.5 Å². The summed E-state index contributed by atoms with van der Waals surface area (Å²) in [5.41, 5.74) is 4.69. The van der Waals surface area contributed by atoms with E-state index in [9.17, 15) is 4.79 Å². The Balaban J connectivity index is 1.66. The van der Waals surface area contributed by atoms with Crippen molar-refractivity contribution < 1.29 is 4.79 Å². The van der Waals surface area contributed by atoms with Gasteiger partial charge in [-0.25, -0.2) is 0 Å². The molecule has 0 spiro atoms. The normalized spacial score (nSPS) is 15.7. The molecule has 0 bridgehead atoms. The highest BCUT2D eigenvalue weighted by Crippen LogP contribution is 2.31. The van der Waals surface area contributed by atoms with Crippen molar-refractivity contribution in [2.75, 3.05) is 26.2 Å². The van der Waals surface area contributed by atoms with Crippen molar-refractivity contribution in [3.8, 4) is 0 Å². The van der Waals surface area contributed by atoms with Crippen molar-refractivity contribution in [2.24, 2.45) is 0 Å². The highest BCUT2D eigenvalue weighted by Gasteiger charge is 2.23. The number of para-hydroxylation sites is 1. The van der Waals surface area contributed by atoms with Crippen LogP contribution in [-0.4, -0.2) is 46.5 Å². The summed E-state index contributed by atoms with van der Waals surface area (Å²) in [7, 11) is 0. The average molecular weight is 377 g/mol. The minimum atomic E-state index is 0.0478. The first-order chi connectivity index (χ1) is 13.6. The maximum atomic E-state index is 12.8. The number of hydrogen-bond acceptors (Lipinski definition) is 3. The molecule has 1 fully saturated rings. The molecular weight excluding hydrogens is 348 g/mol. The number of carbonyl (C=O) groups excluding carboxylic acids is 1. The van der Waals surface area contributed by atoms with E-state index in [0.717, 1.165) is 43.9 Å². The molecule has 1 aliphatic rings. The number of piperazine rings is 1. The van der Waals surface area contributed by atoms with Crippen LogP contribution in [0.3, 0.4) is 0 Å². The standard InChI is InChI=1S/C23H28N4O/c1-17-6-4-11-25-22(17)20(8-9-21(28)26-15-12-24-13-16-26)27-14-10-19-7-3-5-18(2)23(19)27/h3-7,10-11,14,20,24H,8-9,12-13,15-16H2,1-2H3. The summed E-state index contributed by atoms with van der Waals surface area (Å²) in [6.07, 6.45) is 5.28. The van der Waals surface area contributed by atoms with Gasteiger partial charge < -0.3 is 14.8 Å². The summed E-state index contributed by atoms with van der Waals surface area (Å²) in [4.78, 5) is 19.5. The largest absolute Gasteiger partial charge is 0.340 e. The highest BCUT2D eigenvalue weighted by molar-refractivity contribution is 5.83. The molecule has 3 aromatic rings. The number of pyridine rings is 1. The van der Waals surface area contributed by atoms with Gasteiger partial charge in [0.1, 0.15) is 0 Å². The topological polar surface area (TPSA) is 50.2 Å². The van der Waals surface area contributed by atoms with Crippen LogP contribution in [0, 0.1) is 13.8 Å². The van der Waals surface area contributed by atoms with Crippen LogP contribution >= 0.6 is 0 Å². The van der Waals surface area contributed by atoms with Gasteiger partial charge in [-0.2, -0.15) is 0 Å². The third-order valence-electron chi connectivity index (χ3n) is 5.74. The number of nitrogens with zero attached hydrogens (tertiary/aromatic N) is 3. The fourth-order valence-electron chi connectivity index (χ4n) is 4.25. The molecule has 1 aromatic carbocycles. The number of amides is 1. The molecule has 1 amide bonds. The molecule has 2 aromatic heterocycles. The first-order valence-corrected chi connectivity index (χ1v) is 10.1. The van der Waals surface area contributed by atoms with Gasteiger partial charge in [-0.05, 0) is 48.9 Å². The highest BCUT2D eigenvalue weighted by atomic mass is 16.2. The Morgan fingerprint density at radius 2 is 1.89 bits per heavy atom. The van der Waals surface area contributed by atoms with Crippen LogP contribution < -0.4 is 5.32 Å². The van der Waals surface area contributed by atoms with Crippen molar-refractivity contribution >= 4 is 16.8 Å². The van der Waals surface area contributed by atoms with Gasteiger partial charge in [0, 0.05) is 45.0 Å². The summed E-state index contributed by atoms with van der Waals surface area (Å²) in [6, 6.07) is 12.7. The van der Waals surface area contributed by atoms with Gasteiger partial charge in [0.2, 0.25) is 5.91 Å². The summed E-state index contributed by atoms with van der Waals surface area (Å²) in [6.45, 7) is 7.63. The molecule has 1 N–H and O–H groups in total. The van der Waals surface area contributed by atoms with Crippen LogP contribution in [0.25, 0.3) is 10.9 Å². The second-order valence-corrected chi connectivity index (χ2v) is 7.63. The first kappa shape index (κ1) is 18.7. The molecule has 28 heavy (non-hydrogen) atoms. The van der Waals surface area contributed by atoms with Crippen molar-refractivity contribution in [2.45, 2.75) is 32.7 Å². The van der Waals surface area contributed by atoms with Gasteiger partial charge in [-0.15, -0.1) is 0 Å². The second-order valence-electron chi connectivity index (χ2n) is 7.63. The molecular formula is C23H28N4O. The Morgan fingerprint density at radius 1 is 1.11 bits per heavy atom. The Labute approximate surface area is 166 Å². The lowest BCUT2D eigenvalue weighted by atomic mass is 10.0. The lowest BCUT2D eigenvalue weighted by molar-refractivity contribution is -0.132. The predicted octanol–water partition coefficient (Wildman–Crippen LogP) is 3.45. The van der Waals surface area contributed by atoms with E-state index < -0.39 is 0 Å². The smallest absolute Gasteiger partial charge is 0.222 e. The monoisotopic (exact) mass is 376 g/mol. The van der Waals surface area contributed by atoms with Gasteiger partial charge >= 0.3 is 0 Å². The molecule has 1 saturated heterocycles. The number of aromatic nitrogens is 2. The van der Waals surface area contributed by atoms with Crippen LogP contribution in [0.5, 0.6) is 0 Å². The molecule has 1 atom stereocenters. The molecule has 1 unspecified atom stereocenters. The summed E-state index contributed by atoms with van der Waals surface area (Å²) in [5, 5.41) is 4.54. The number of carbonyl (C=O) groups is 1. The zero-order chi connectivity index (χ0) is 19.5.